The van der Waals surface area contributed by atoms with Crippen LogP contribution in [0.2, 0.25) is 0 Å². The highest BCUT2D eigenvalue weighted by atomic mass is 19.1. The molecule has 0 bridgehead atoms. The molecular formula is C28H29FN4O6. The molecule has 1 heterocycles. The number of carbonyl (C=O) groups excluding carboxylic acids is 3. The molecule has 0 spiro atoms. The van der Waals surface area contributed by atoms with Gasteiger partial charge in [-0.2, -0.15) is 0 Å². The number of amides is 1. The minimum absolute atomic E-state index is 0.0663. The van der Waals surface area contributed by atoms with Gasteiger partial charge in [-0.1, -0.05) is 12.0 Å². The number of terminal acetylenes is 1. The number of hydrogen-bond donors (Lipinski definition) is 2. The molecular weight excluding hydrogens is 507 g/mol. The number of hydrogen-bond acceptors (Lipinski definition) is 8. The van der Waals surface area contributed by atoms with E-state index < -0.39 is 29.7 Å². The number of carbonyl (C=O) groups is 3. The number of ether oxygens (including phenoxy) is 2. The molecule has 0 unspecified atom stereocenters. The Morgan fingerprint density at radius 3 is 2.62 bits per heavy atom. The average molecular weight is 537 g/mol. The van der Waals surface area contributed by atoms with Crippen molar-refractivity contribution in [3.63, 3.8) is 0 Å². The first kappa shape index (κ1) is 28.8. The van der Waals surface area contributed by atoms with Crippen LogP contribution in [0.1, 0.15) is 42.6 Å². The summed E-state index contributed by atoms with van der Waals surface area (Å²) in [5, 5.41) is 2.86. The Hall–Kier alpha value is -4.72. The SMILES string of the molecule is C#CCN(Cc1ccc2nc[nH]c(=O)c2c1)c1ccc(C(=O)N[C@H](CCC(=O)OCC)C(=O)OCC)c(F)c1. The largest absolute Gasteiger partial charge is 0.466 e. The first-order chi connectivity index (χ1) is 18.8. The summed E-state index contributed by atoms with van der Waals surface area (Å²) >= 11 is 0. The van der Waals surface area contributed by atoms with E-state index in [1.165, 1.54) is 24.5 Å². The second-order valence-corrected chi connectivity index (χ2v) is 8.43. The van der Waals surface area contributed by atoms with Crippen molar-refractivity contribution in [3.8, 4) is 12.3 Å². The number of H-pyrrole nitrogens is 1. The minimum atomic E-state index is -1.16. The lowest BCUT2D eigenvalue weighted by Crippen LogP contribution is -2.42. The van der Waals surface area contributed by atoms with Crippen LogP contribution < -0.4 is 15.8 Å². The summed E-state index contributed by atoms with van der Waals surface area (Å²) in [5.41, 5.74) is 1.11. The molecule has 0 aliphatic rings. The van der Waals surface area contributed by atoms with E-state index in [0.29, 0.717) is 16.6 Å². The molecule has 204 valence electrons. The first-order valence-electron chi connectivity index (χ1n) is 12.3. The minimum Gasteiger partial charge on any atom is -0.466 e. The third kappa shape index (κ3) is 7.64. The zero-order valence-corrected chi connectivity index (χ0v) is 21.7. The van der Waals surface area contributed by atoms with Gasteiger partial charge in [0.15, 0.2) is 0 Å². The Bertz CT molecular complexity index is 1450. The van der Waals surface area contributed by atoms with E-state index >= 15 is 4.39 Å². The molecule has 1 aromatic heterocycles. The maximum absolute atomic E-state index is 15.1. The van der Waals surface area contributed by atoms with Crippen LogP contribution in [0.25, 0.3) is 10.9 Å². The van der Waals surface area contributed by atoms with E-state index in [4.69, 9.17) is 15.9 Å². The molecule has 1 atom stereocenters. The van der Waals surface area contributed by atoms with Gasteiger partial charge in [-0.05, 0) is 56.2 Å². The lowest BCUT2D eigenvalue weighted by molar-refractivity contribution is -0.146. The monoisotopic (exact) mass is 536 g/mol. The number of nitrogens with zero attached hydrogens (tertiary/aromatic N) is 2. The molecule has 0 radical (unpaired) electrons. The summed E-state index contributed by atoms with van der Waals surface area (Å²) in [6.45, 7) is 3.90. The van der Waals surface area contributed by atoms with Crippen LogP contribution in [0.4, 0.5) is 10.1 Å². The fourth-order valence-electron chi connectivity index (χ4n) is 3.89. The summed E-state index contributed by atoms with van der Waals surface area (Å²) in [5.74, 6) is -0.416. The van der Waals surface area contributed by atoms with E-state index in [9.17, 15) is 19.2 Å². The van der Waals surface area contributed by atoms with Gasteiger partial charge < -0.3 is 24.7 Å². The Kier molecular flexibility index (Phi) is 10.1. The number of rotatable bonds is 12. The molecule has 0 aliphatic heterocycles. The van der Waals surface area contributed by atoms with Gasteiger partial charge in [-0.15, -0.1) is 6.42 Å². The van der Waals surface area contributed by atoms with Gasteiger partial charge in [0.25, 0.3) is 11.5 Å². The van der Waals surface area contributed by atoms with Crippen molar-refractivity contribution >= 4 is 34.4 Å². The fourth-order valence-corrected chi connectivity index (χ4v) is 3.89. The highest BCUT2D eigenvalue weighted by molar-refractivity contribution is 5.97. The van der Waals surface area contributed by atoms with Gasteiger partial charge in [0.1, 0.15) is 11.9 Å². The van der Waals surface area contributed by atoms with Crippen LogP contribution in [0.3, 0.4) is 0 Å². The van der Waals surface area contributed by atoms with Gasteiger partial charge in [-0.3, -0.25) is 14.4 Å². The third-order valence-electron chi connectivity index (χ3n) is 5.74. The number of fused-ring (bicyclic) bond motifs is 1. The predicted molar refractivity (Wildman–Crippen MR) is 142 cm³/mol. The van der Waals surface area contributed by atoms with Crippen LogP contribution in [-0.2, 0) is 25.6 Å². The van der Waals surface area contributed by atoms with Crippen LogP contribution in [0, 0.1) is 18.2 Å². The first-order valence-corrected chi connectivity index (χ1v) is 12.3. The van der Waals surface area contributed by atoms with Crippen molar-refractivity contribution in [3.05, 3.63) is 70.0 Å². The zero-order chi connectivity index (χ0) is 28.4. The van der Waals surface area contributed by atoms with Crippen LogP contribution in [-0.4, -0.2) is 53.6 Å². The lowest BCUT2D eigenvalue weighted by atomic mass is 10.1. The van der Waals surface area contributed by atoms with Crippen molar-refractivity contribution < 1.29 is 28.2 Å². The summed E-state index contributed by atoms with van der Waals surface area (Å²) in [6.07, 6.45) is 6.67. The standard InChI is InChI=1S/C28H29FN4O6/c1-4-13-33(16-18-7-10-23-21(14-18)26(35)31-17-30-23)19-8-9-20(22(29)15-19)27(36)32-24(28(37)39-6-3)11-12-25(34)38-5-2/h1,7-10,14-15,17,24H,5-6,11-13,16H2,2-3H3,(H,32,36)(H,30,31,35)/t24-/m1/s1. The van der Waals surface area contributed by atoms with E-state index in [0.717, 1.165) is 5.56 Å². The topological polar surface area (TPSA) is 131 Å². The van der Waals surface area contributed by atoms with E-state index in [-0.39, 0.29) is 50.3 Å². The molecule has 11 heteroatoms. The average Bonchev–Trinajstić information content (AvgIpc) is 2.91. The van der Waals surface area contributed by atoms with Crippen molar-refractivity contribution in [2.75, 3.05) is 24.7 Å². The number of esters is 2. The van der Waals surface area contributed by atoms with Crippen LogP contribution in [0.15, 0.2) is 47.5 Å². The fraction of sp³-hybridized carbons (Fsp3) is 0.321. The van der Waals surface area contributed by atoms with Gasteiger partial charge >= 0.3 is 11.9 Å². The molecule has 10 nitrogen and oxygen atoms in total. The second-order valence-electron chi connectivity index (χ2n) is 8.43. The highest BCUT2D eigenvalue weighted by Crippen LogP contribution is 2.22. The van der Waals surface area contributed by atoms with Crippen LogP contribution >= 0.6 is 0 Å². The summed E-state index contributed by atoms with van der Waals surface area (Å²) in [6, 6.07) is 8.01. The maximum atomic E-state index is 15.1. The highest BCUT2D eigenvalue weighted by Gasteiger charge is 2.25. The van der Waals surface area contributed by atoms with E-state index in [2.05, 4.69) is 21.2 Å². The predicted octanol–water partition coefficient (Wildman–Crippen LogP) is 2.71. The number of aromatic amines is 1. The molecule has 2 aromatic carbocycles. The number of halogens is 1. The molecule has 0 saturated heterocycles. The number of anilines is 1. The summed E-state index contributed by atoms with van der Waals surface area (Å²) in [4.78, 5) is 57.4. The smallest absolute Gasteiger partial charge is 0.328 e. The molecule has 0 aliphatic carbocycles. The van der Waals surface area contributed by atoms with Gasteiger partial charge in [-0.25, -0.2) is 14.2 Å². The quantitative estimate of drug-likeness (QED) is 0.267. The van der Waals surface area contributed by atoms with Crippen molar-refractivity contribution in [1.29, 1.82) is 0 Å². The van der Waals surface area contributed by atoms with Crippen molar-refractivity contribution in [1.82, 2.24) is 15.3 Å². The van der Waals surface area contributed by atoms with Gasteiger partial charge in [0.05, 0.1) is 42.6 Å². The number of benzene rings is 2. The van der Waals surface area contributed by atoms with Crippen molar-refractivity contribution in [2.24, 2.45) is 0 Å². The number of nitrogens with one attached hydrogen (secondary N) is 2. The van der Waals surface area contributed by atoms with Crippen molar-refractivity contribution in [2.45, 2.75) is 39.3 Å². The second kappa shape index (κ2) is 13.7. The normalized spacial score (nSPS) is 11.3. The molecule has 2 N–H and O–H groups in total. The molecule has 3 rings (SSSR count). The molecule has 0 saturated carbocycles. The number of aromatic nitrogens is 2. The molecule has 3 aromatic rings. The van der Waals surface area contributed by atoms with Gasteiger partial charge in [0, 0.05) is 18.7 Å². The van der Waals surface area contributed by atoms with E-state index in [1.54, 1.807) is 36.9 Å². The van der Waals surface area contributed by atoms with Crippen LogP contribution in [0.5, 0.6) is 0 Å². The third-order valence-corrected chi connectivity index (χ3v) is 5.74. The molecule has 1 amide bonds. The van der Waals surface area contributed by atoms with E-state index in [1.807, 2.05) is 0 Å². The zero-order valence-electron chi connectivity index (χ0n) is 21.7. The molecule has 0 fully saturated rings. The van der Waals surface area contributed by atoms with Gasteiger partial charge in [0.2, 0.25) is 0 Å². The maximum Gasteiger partial charge on any atom is 0.328 e. The Morgan fingerprint density at radius 1 is 1.15 bits per heavy atom. The Morgan fingerprint density at radius 2 is 1.92 bits per heavy atom. The lowest BCUT2D eigenvalue weighted by Gasteiger charge is -2.23. The Balaban J connectivity index is 1.78. The summed E-state index contributed by atoms with van der Waals surface area (Å²) < 4.78 is 25.0. The summed E-state index contributed by atoms with van der Waals surface area (Å²) in [7, 11) is 0. The Labute approximate surface area is 224 Å². The molecule has 39 heavy (non-hydrogen) atoms.